The Morgan fingerprint density at radius 3 is 2.72 bits per heavy atom. The molecule has 0 radical (unpaired) electrons. The minimum Gasteiger partial charge on any atom is -0.336 e. The fraction of sp³-hybridized carbons (Fsp3) is 0.211. The van der Waals surface area contributed by atoms with Crippen LogP contribution in [0.4, 0.5) is 10.5 Å². The number of pyridine rings is 1. The zero-order chi connectivity index (χ0) is 17.6. The van der Waals surface area contributed by atoms with Gasteiger partial charge in [-0.1, -0.05) is 12.1 Å². The number of anilines is 1. The second-order valence-corrected chi connectivity index (χ2v) is 5.84. The maximum Gasteiger partial charge on any atom is 0.319 e. The third kappa shape index (κ3) is 4.23. The molecule has 1 aromatic carbocycles. The van der Waals surface area contributed by atoms with Gasteiger partial charge in [0, 0.05) is 37.4 Å². The first-order chi connectivity index (χ1) is 12.1. The van der Waals surface area contributed by atoms with Crippen molar-refractivity contribution in [1.29, 1.82) is 0 Å². The lowest BCUT2D eigenvalue weighted by atomic mass is 10.1. The Balaban J connectivity index is 1.54. The van der Waals surface area contributed by atoms with E-state index in [4.69, 9.17) is 0 Å². The van der Waals surface area contributed by atoms with Gasteiger partial charge in [0.2, 0.25) is 0 Å². The molecule has 3 rings (SSSR count). The maximum absolute atomic E-state index is 12.0. The van der Waals surface area contributed by atoms with Crippen LogP contribution in [0.5, 0.6) is 0 Å². The van der Waals surface area contributed by atoms with Gasteiger partial charge in [0.1, 0.15) is 5.69 Å². The van der Waals surface area contributed by atoms with Crippen molar-refractivity contribution in [3.63, 3.8) is 0 Å². The number of carbonyl (C=O) groups excluding carboxylic acids is 1. The van der Waals surface area contributed by atoms with E-state index in [0.29, 0.717) is 13.1 Å². The Morgan fingerprint density at radius 2 is 1.96 bits per heavy atom. The van der Waals surface area contributed by atoms with Crippen molar-refractivity contribution in [2.24, 2.45) is 0 Å². The highest BCUT2D eigenvalue weighted by atomic mass is 16.2. The Kier molecular flexibility index (Phi) is 5.09. The molecular weight excluding hydrogens is 314 g/mol. The van der Waals surface area contributed by atoms with Crippen LogP contribution in [0.15, 0.2) is 55.0 Å². The van der Waals surface area contributed by atoms with Crippen LogP contribution in [0.25, 0.3) is 11.5 Å². The van der Waals surface area contributed by atoms with E-state index in [2.05, 4.69) is 20.6 Å². The van der Waals surface area contributed by atoms with Crippen molar-refractivity contribution in [2.75, 3.05) is 11.9 Å². The molecule has 3 aromatic rings. The first-order valence-electron chi connectivity index (χ1n) is 8.18. The van der Waals surface area contributed by atoms with Crippen LogP contribution in [0.2, 0.25) is 0 Å². The van der Waals surface area contributed by atoms with Gasteiger partial charge in [-0.25, -0.2) is 9.78 Å². The van der Waals surface area contributed by atoms with Gasteiger partial charge in [-0.15, -0.1) is 0 Å². The number of aryl methyl sites for hydroxylation is 2. The molecule has 0 aliphatic carbocycles. The molecule has 0 unspecified atom stereocenters. The number of rotatable bonds is 5. The minimum atomic E-state index is -0.220. The predicted molar refractivity (Wildman–Crippen MR) is 98.4 cm³/mol. The fourth-order valence-electron chi connectivity index (χ4n) is 2.50. The van der Waals surface area contributed by atoms with Crippen molar-refractivity contribution in [3.05, 3.63) is 66.1 Å². The molecule has 0 atom stereocenters. The molecule has 128 valence electrons. The van der Waals surface area contributed by atoms with E-state index in [9.17, 15) is 4.79 Å². The van der Waals surface area contributed by atoms with Crippen LogP contribution in [0.1, 0.15) is 11.1 Å². The zero-order valence-electron chi connectivity index (χ0n) is 14.4. The molecule has 0 aliphatic rings. The van der Waals surface area contributed by atoms with Crippen LogP contribution in [-0.2, 0) is 6.54 Å². The summed E-state index contributed by atoms with van der Waals surface area (Å²) in [5.41, 5.74) is 3.95. The standard InChI is InChI=1S/C19H21N5O/c1-14-6-7-16(13-15(14)2)23-19(25)22-10-12-24-11-9-21-18(24)17-5-3-4-8-20-17/h3-9,11,13H,10,12H2,1-2H3,(H2,22,23,25). The number of imidazole rings is 1. The van der Waals surface area contributed by atoms with E-state index in [1.807, 2.05) is 61.0 Å². The van der Waals surface area contributed by atoms with Gasteiger partial charge < -0.3 is 15.2 Å². The number of benzene rings is 1. The highest BCUT2D eigenvalue weighted by Crippen LogP contribution is 2.14. The minimum absolute atomic E-state index is 0.220. The van der Waals surface area contributed by atoms with Crippen LogP contribution in [0.3, 0.4) is 0 Å². The largest absolute Gasteiger partial charge is 0.336 e. The fourth-order valence-corrected chi connectivity index (χ4v) is 2.50. The lowest BCUT2D eigenvalue weighted by molar-refractivity contribution is 0.251. The number of aromatic nitrogens is 3. The average molecular weight is 335 g/mol. The van der Waals surface area contributed by atoms with Crippen molar-refractivity contribution in [3.8, 4) is 11.5 Å². The molecule has 2 heterocycles. The third-order valence-electron chi connectivity index (χ3n) is 4.01. The number of amides is 2. The van der Waals surface area contributed by atoms with Crippen LogP contribution in [0, 0.1) is 13.8 Å². The maximum atomic E-state index is 12.0. The van der Waals surface area contributed by atoms with Crippen LogP contribution >= 0.6 is 0 Å². The number of nitrogens with one attached hydrogen (secondary N) is 2. The van der Waals surface area contributed by atoms with Gasteiger partial charge >= 0.3 is 6.03 Å². The van der Waals surface area contributed by atoms with E-state index >= 15 is 0 Å². The lowest BCUT2D eigenvalue weighted by Crippen LogP contribution is -2.31. The second kappa shape index (κ2) is 7.61. The molecule has 0 fully saturated rings. The van der Waals surface area contributed by atoms with E-state index in [-0.39, 0.29) is 6.03 Å². The van der Waals surface area contributed by atoms with Crippen molar-refractivity contribution < 1.29 is 4.79 Å². The van der Waals surface area contributed by atoms with Crippen LogP contribution < -0.4 is 10.6 Å². The molecule has 2 aromatic heterocycles. The number of hydrogen-bond acceptors (Lipinski definition) is 3. The highest BCUT2D eigenvalue weighted by Gasteiger charge is 2.07. The molecule has 0 saturated heterocycles. The topological polar surface area (TPSA) is 71.8 Å². The van der Waals surface area contributed by atoms with Gasteiger partial charge in [-0.2, -0.15) is 0 Å². The van der Waals surface area contributed by atoms with Gasteiger partial charge in [0.15, 0.2) is 5.82 Å². The summed E-state index contributed by atoms with van der Waals surface area (Å²) < 4.78 is 1.97. The Bertz CT molecular complexity index is 857. The summed E-state index contributed by atoms with van der Waals surface area (Å²) in [5, 5.41) is 5.71. The number of carbonyl (C=O) groups is 1. The highest BCUT2D eigenvalue weighted by molar-refractivity contribution is 5.89. The molecular formula is C19H21N5O. The number of nitrogens with zero attached hydrogens (tertiary/aromatic N) is 3. The van der Waals surface area contributed by atoms with Gasteiger partial charge in [-0.3, -0.25) is 4.98 Å². The van der Waals surface area contributed by atoms with Gasteiger partial charge in [0.25, 0.3) is 0 Å². The van der Waals surface area contributed by atoms with E-state index in [1.54, 1.807) is 12.4 Å². The normalized spacial score (nSPS) is 10.5. The third-order valence-corrected chi connectivity index (χ3v) is 4.01. The Morgan fingerprint density at radius 1 is 1.08 bits per heavy atom. The summed E-state index contributed by atoms with van der Waals surface area (Å²) in [4.78, 5) is 20.7. The van der Waals surface area contributed by atoms with Gasteiger partial charge in [0.05, 0.1) is 0 Å². The second-order valence-electron chi connectivity index (χ2n) is 5.84. The summed E-state index contributed by atoms with van der Waals surface area (Å²) in [6.45, 7) is 5.18. The van der Waals surface area contributed by atoms with Crippen molar-refractivity contribution in [1.82, 2.24) is 19.9 Å². The molecule has 0 saturated carbocycles. The van der Waals surface area contributed by atoms with Crippen molar-refractivity contribution in [2.45, 2.75) is 20.4 Å². The van der Waals surface area contributed by atoms with E-state index in [0.717, 1.165) is 22.8 Å². The quantitative estimate of drug-likeness (QED) is 0.751. The van der Waals surface area contributed by atoms with Crippen LogP contribution in [-0.4, -0.2) is 27.1 Å². The van der Waals surface area contributed by atoms with Gasteiger partial charge in [-0.05, 0) is 49.2 Å². The first-order valence-corrected chi connectivity index (χ1v) is 8.18. The molecule has 6 nitrogen and oxygen atoms in total. The van der Waals surface area contributed by atoms with E-state index in [1.165, 1.54) is 5.56 Å². The molecule has 0 bridgehead atoms. The van der Waals surface area contributed by atoms with E-state index < -0.39 is 0 Å². The first kappa shape index (κ1) is 16.7. The summed E-state index contributed by atoms with van der Waals surface area (Å²) in [6, 6.07) is 11.4. The Hall–Kier alpha value is -3.15. The molecule has 2 N–H and O–H groups in total. The summed E-state index contributed by atoms with van der Waals surface area (Å²) in [7, 11) is 0. The summed E-state index contributed by atoms with van der Waals surface area (Å²) in [6.07, 6.45) is 5.36. The molecule has 25 heavy (non-hydrogen) atoms. The van der Waals surface area contributed by atoms with Crippen molar-refractivity contribution >= 4 is 11.7 Å². The lowest BCUT2D eigenvalue weighted by Gasteiger charge is -2.11. The molecule has 6 heteroatoms. The zero-order valence-corrected chi connectivity index (χ0v) is 14.4. The number of urea groups is 1. The summed E-state index contributed by atoms with van der Waals surface area (Å²) >= 11 is 0. The molecule has 2 amide bonds. The Labute approximate surface area is 146 Å². The summed E-state index contributed by atoms with van der Waals surface area (Å²) in [5.74, 6) is 0.789. The SMILES string of the molecule is Cc1ccc(NC(=O)NCCn2ccnc2-c2ccccn2)cc1C. The molecule has 0 spiro atoms. The monoisotopic (exact) mass is 335 g/mol. The number of hydrogen-bond donors (Lipinski definition) is 2. The smallest absolute Gasteiger partial charge is 0.319 e. The predicted octanol–water partition coefficient (Wildman–Crippen LogP) is 3.38. The molecule has 0 aliphatic heterocycles. The average Bonchev–Trinajstić information content (AvgIpc) is 3.07.